The minimum Gasteiger partial charge on any atom is -0.507 e. The van der Waals surface area contributed by atoms with Crippen LogP contribution in [0.2, 0.25) is 5.02 Å². The number of benzene rings is 4. The Kier molecular flexibility index (Phi) is 5.19. The number of Topliss-reactive ketones (excluding diaryl/α,β-unsaturated/α-hetero) is 1. The summed E-state index contributed by atoms with van der Waals surface area (Å²) in [5, 5.41) is 13.5. The number of carbonyl (C=O) groups is 2. The topological polar surface area (TPSA) is 57.6 Å². The minimum atomic E-state index is -0.910. The molecule has 1 unspecified atom stereocenters. The highest BCUT2D eigenvalue weighted by atomic mass is 35.5. The molecule has 1 fully saturated rings. The molecule has 5 rings (SSSR count). The number of aliphatic hydroxyl groups excluding tert-OH is 1. The first-order valence-corrected chi connectivity index (χ1v) is 10.6. The zero-order chi connectivity index (χ0) is 23.1. The third-order valence-electron chi connectivity index (χ3n) is 5.78. The Labute approximate surface area is 194 Å². The average molecular weight is 458 g/mol. The lowest BCUT2D eigenvalue weighted by atomic mass is 9.93. The number of aliphatic hydroxyl groups is 1. The number of hydrogen-bond acceptors (Lipinski definition) is 3. The number of halogens is 2. The van der Waals surface area contributed by atoms with E-state index in [1.54, 1.807) is 36.4 Å². The average Bonchev–Trinajstić information content (AvgIpc) is 3.10. The van der Waals surface area contributed by atoms with E-state index in [1.165, 1.54) is 29.2 Å². The number of carbonyl (C=O) groups excluding carboxylic acids is 2. The number of nitrogens with zero attached hydrogens (tertiary/aromatic N) is 1. The molecule has 0 radical (unpaired) electrons. The molecule has 4 aromatic rings. The van der Waals surface area contributed by atoms with Crippen molar-refractivity contribution in [3.63, 3.8) is 0 Å². The van der Waals surface area contributed by atoms with Gasteiger partial charge in [-0.2, -0.15) is 0 Å². The summed E-state index contributed by atoms with van der Waals surface area (Å²) in [7, 11) is 0. The molecule has 1 aliphatic rings. The molecule has 1 N–H and O–H groups in total. The van der Waals surface area contributed by atoms with Gasteiger partial charge in [-0.1, -0.05) is 66.2 Å². The van der Waals surface area contributed by atoms with E-state index < -0.39 is 23.5 Å². The van der Waals surface area contributed by atoms with Crippen LogP contribution >= 0.6 is 11.6 Å². The van der Waals surface area contributed by atoms with Gasteiger partial charge in [-0.15, -0.1) is 0 Å². The number of rotatable bonds is 3. The van der Waals surface area contributed by atoms with Crippen LogP contribution in [0.25, 0.3) is 16.5 Å². The number of ketones is 1. The highest BCUT2D eigenvalue weighted by Gasteiger charge is 2.47. The van der Waals surface area contributed by atoms with Gasteiger partial charge in [0.2, 0.25) is 0 Å². The van der Waals surface area contributed by atoms with E-state index in [4.69, 9.17) is 11.6 Å². The maximum Gasteiger partial charge on any atom is 0.300 e. The van der Waals surface area contributed by atoms with Crippen LogP contribution in [0.1, 0.15) is 17.2 Å². The van der Waals surface area contributed by atoms with Gasteiger partial charge in [-0.25, -0.2) is 4.39 Å². The maximum absolute atomic E-state index is 13.6. The molecule has 162 valence electrons. The van der Waals surface area contributed by atoms with Gasteiger partial charge in [0.05, 0.1) is 11.6 Å². The molecule has 0 bridgehead atoms. The highest BCUT2D eigenvalue weighted by Crippen LogP contribution is 2.43. The number of fused-ring (bicyclic) bond motifs is 1. The number of amides is 1. The van der Waals surface area contributed by atoms with Gasteiger partial charge in [0.1, 0.15) is 11.6 Å². The van der Waals surface area contributed by atoms with E-state index >= 15 is 0 Å². The molecule has 1 amide bonds. The summed E-state index contributed by atoms with van der Waals surface area (Å²) >= 11 is 6.06. The van der Waals surface area contributed by atoms with Gasteiger partial charge in [-0.3, -0.25) is 14.5 Å². The smallest absolute Gasteiger partial charge is 0.300 e. The summed E-state index contributed by atoms with van der Waals surface area (Å²) in [5.41, 5.74) is 1.34. The lowest BCUT2D eigenvalue weighted by Crippen LogP contribution is -2.29. The maximum atomic E-state index is 13.6. The quantitative estimate of drug-likeness (QED) is 0.224. The lowest BCUT2D eigenvalue weighted by molar-refractivity contribution is -0.132. The van der Waals surface area contributed by atoms with E-state index in [1.807, 2.05) is 30.3 Å². The van der Waals surface area contributed by atoms with Crippen molar-refractivity contribution in [2.45, 2.75) is 6.04 Å². The van der Waals surface area contributed by atoms with Gasteiger partial charge < -0.3 is 5.11 Å². The summed E-state index contributed by atoms with van der Waals surface area (Å²) in [4.78, 5) is 27.7. The third-order valence-corrected chi connectivity index (χ3v) is 6.03. The van der Waals surface area contributed by atoms with Crippen LogP contribution in [0.15, 0.2) is 96.6 Å². The molecular formula is C27H17ClFNO3. The monoisotopic (exact) mass is 457 g/mol. The van der Waals surface area contributed by atoms with Crippen molar-refractivity contribution in [2.75, 3.05) is 4.90 Å². The van der Waals surface area contributed by atoms with Gasteiger partial charge >= 0.3 is 0 Å². The Balaban J connectivity index is 1.77. The molecule has 0 aromatic heterocycles. The van der Waals surface area contributed by atoms with Crippen LogP contribution in [0.3, 0.4) is 0 Å². The predicted octanol–water partition coefficient (Wildman–Crippen LogP) is 6.26. The minimum absolute atomic E-state index is 0.0389. The Morgan fingerprint density at radius 1 is 0.848 bits per heavy atom. The van der Waals surface area contributed by atoms with Crippen LogP contribution in [0.4, 0.5) is 10.1 Å². The van der Waals surface area contributed by atoms with Crippen molar-refractivity contribution >= 4 is 45.5 Å². The molecule has 1 aliphatic heterocycles. The zero-order valence-corrected chi connectivity index (χ0v) is 18.0. The highest BCUT2D eigenvalue weighted by molar-refractivity contribution is 6.51. The Morgan fingerprint density at radius 3 is 2.24 bits per heavy atom. The molecular weight excluding hydrogens is 441 g/mol. The van der Waals surface area contributed by atoms with Gasteiger partial charge in [0.15, 0.2) is 0 Å². The van der Waals surface area contributed by atoms with Crippen LogP contribution in [0.5, 0.6) is 0 Å². The summed E-state index contributed by atoms with van der Waals surface area (Å²) in [5.74, 6) is -2.35. The molecule has 1 atom stereocenters. The molecule has 1 heterocycles. The van der Waals surface area contributed by atoms with E-state index in [0.717, 1.165) is 10.8 Å². The van der Waals surface area contributed by atoms with E-state index in [2.05, 4.69) is 0 Å². The van der Waals surface area contributed by atoms with Crippen molar-refractivity contribution in [1.82, 2.24) is 0 Å². The fraction of sp³-hybridized carbons (Fsp3) is 0.0370. The summed E-state index contributed by atoms with van der Waals surface area (Å²) in [6.07, 6.45) is 0. The molecule has 1 saturated heterocycles. The van der Waals surface area contributed by atoms with Crippen molar-refractivity contribution in [3.8, 4) is 0 Å². The summed E-state index contributed by atoms with van der Waals surface area (Å²) in [6, 6.07) is 24.0. The largest absolute Gasteiger partial charge is 0.507 e. The molecule has 0 saturated carbocycles. The summed E-state index contributed by atoms with van der Waals surface area (Å²) in [6.45, 7) is 0. The molecule has 33 heavy (non-hydrogen) atoms. The standard InChI is InChI=1S/C27H17ClFNO3/c28-18-10-8-17(9-11-18)24-23(25(31)22-7-3-5-16-4-1-2-6-21(16)22)26(32)27(33)30(24)20-14-12-19(29)13-15-20/h1-15,24,31H/b25-23-. The van der Waals surface area contributed by atoms with Crippen molar-refractivity contribution in [2.24, 2.45) is 0 Å². The van der Waals surface area contributed by atoms with Crippen LogP contribution < -0.4 is 4.90 Å². The van der Waals surface area contributed by atoms with Crippen LogP contribution in [-0.2, 0) is 9.59 Å². The van der Waals surface area contributed by atoms with Gasteiger partial charge in [-0.05, 0) is 52.7 Å². The Bertz CT molecular complexity index is 1420. The number of hydrogen-bond donors (Lipinski definition) is 1. The fourth-order valence-electron chi connectivity index (χ4n) is 4.24. The Hall–Kier alpha value is -3.96. The molecule has 4 aromatic carbocycles. The lowest BCUT2D eigenvalue weighted by Gasteiger charge is -2.25. The molecule has 0 aliphatic carbocycles. The van der Waals surface area contributed by atoms with Crippen molar-refractivity contribution in [3.05, 3.63) is 119 Å². The fourth-order valence-corrected chi connectivity index (χ4v) is 4.36. The van der Waals surface area contributed by atoms with Crippen LogP contribution in [-0.4, -0.2) is 16.8 Å². The summed E-state index contributed by atoms with van der Waals surface area (Å²) < 4.78 is 13.6. The second-order valence-electron chi connectivity index (χ2n) is 7.72. The van der Waals surface area contributed by atoms with Crippen molar-refractivity contribution < 1.29 is 19.1 Å². The van der Waals surface area contributed by atoms with Crippen molar-refractivity contribution in [1.29, 1.82) is 0 Å². The molecule has 6 heteroatoms. The van der Waals surface area contributed by atoms with E-state index in [0.29, 0.717) is 21.8 Å². The third kappa shape index (κ3) is 3.56. The molecule has 0 spiro atoms. The predicted molar refractivity (Wildman–Crippen MR) is 127 cm³/mol. The first-order chi connectivity index (χ1) is 16.0. The second kappa shape index (κ2) is 8.19. The van der Waals surface area contributed by atoms with E-state index in [-0.39, 0.29) is 11.3 Å². The SMILES string of the molecule is O=C1C(=O)N(c2ccc(F)cc2)C(c2ccc(Cl)cc2)/C1=C(/O)c1cccc2ccccc12. The zero-order valence-electron chi connectivity index (χ0n) is 17.2. The van der Waals surface area contributed by atoms with Gasteiger partial charge in [0.25, 0.3) is 11.7 Å². The second-order valence-corrected chi connectivity index (χ2v) is 8.16. The molecule has 4 nitrogen and oxygen atoms in total. The Morgan fingerprint density at radius 2 is 1.52 bits per heavy atom. The van der Waals surface area contributed by atoms with E-state index in [9.17, 15) is 19.1 Å². The first-order valence-electron chi connectivity index (χ1n) is 10.3. The normalized spacial score (nSPS) is 17.6. The number of anilines is 1. The van der Waals surface area contributed by atoms with Gasteiger partial charge in [0, 0.05) is 16.3 Å². The van der Waals surface area contributed by atoms with Crippen LogP contribution in [0, 0.1) is 5.82 Å². The first kappa shape index (κ1) is 20.9.